The third-order valence-electron chi connectivity index (χ3n) is 3.49. The Morgan fingerprint density at radius 3 is 2.80 bits per heavy atom. The molecule has 2 aliphatic rings. The van der Waals surface area contributed by atoms with Gasteiger partial charge in [0.1, 0.15) is 0 Å². The van der Waals surface area contributed by atoms with Crippen LogP contribution in [0.15, 0.2) is 24.4 Å². The SMILES string of the molecule is C=C/C=C(\C)N1C(=O)NCC12CCCC2. The molecule has 1 N–H and O–H groups in total. The molecule has 0 bridgehead atoms. The van der Waals surface area contributed by atoms with Gasteiger partial charge in [0, 0.05) is 12.2 Å². The standard InChI is InChI=1S/C12H18N2O/c1-3-6-10(2)14-11(15)13-9-12(14)7-4-5-8-12/h3,6H,1,4-5,7-9H2,2H3,(H,13,15)/b10-6+. The second kappa shape index (κ2) is 3.72. The molecule has 1 heterocycles. The van der Waals surface area contributed by atoms with E-state index in [1.807, 2.05) is 17.9 Å². The topological polar surface area (TPSA) is 32.3 Å². The number of rotatable bonds is 2. The average Bonchev–Trinajstić information content (AvgIpc) is 2.77. The lowest BCUT2D eigenvalue weighted by atomic mass is 9.96. The second-order valence-corrected chi connectivity index (χ2v) is 4.47. The number of nitrogens with zero attached hydrogens (tertiary/aromatic N) is 1. The smallest absolute Gasteiger partial charge is 0.322 e. The zero-order valence-corrected chi connectivity index (χ0v) is 9.25. The predicted molar refractivity (Wildman–Crippen MR) is 60.4 cm³/mol. The highest BCUT2D eigenvalue weighted by Crippen LogP contribution is 2.39. The predicted octanol–water partition coefficient (Wildman–Crippen LogP) is 2.41. The molecule has 3 nitrogen and oxygen atoms in total. The van der Waals surface area contributed by atoms with Crippen LogP contribution in [0.5, 0.6) is 0 Å². The molecule has 3 heteroatoms. The van der Waals surface area contributed by atoms with Gasteiger partial charge in [-0.2, -0.15) is 0 Å². The summed E-state index contributed by atoms with van der Waals surface area (Å²) in [5, 5.41) is 2.95. The van der Waals surface area contributed by atoms with Gasteiger partial charge in [0.15, 0.2) is 0 Å². The van der Waals surface area contributed by atoms with Crippen molar-refractivity contribution in [2.24, 2.45) is 0 Å². The number of allylic oxidation sites excluding steroid dienone is 3. The van der Waals surface area contributed by atoms with Crippen molar-refractivity contribution in [3.8, 4) is 0 Å². The highest BCUT2D eigenvalue weighted by Gasteiger charge is 2.47. The van der Waals surface area contributed by atoms with Crippen LogP contribution in [0.2, 0.25) is 0 Å². The Labute approximate surface area is 90.8 Å². The summed E-state index contributed by atoms with van der Waals surface area (Å²) in [6.07, 6.45) is 8.34. The van der Waals surface area contributed by atoms with Gasteiger partial charge in [-0.3, -0.25) is 4.90 Å². The normalized spacial score (nSPS) is 24.7. The van der Waals surface area contributed by atoms with E-state index < -0.39 is 0 Å². The molecule has 1 spiro atoms. The maximum absolute atomic E-state index is 11.8. The lowest BCUT2D eigenvalue weighted by molar-refractivity contribution is 0.186. The van der Waals surface area contributed by atoms with E-state index in [0.29, 0.717) is 0 Å². The summed E-state index contributed by atoms with van der Waals surface area (Å²) in [6.45, 7) is 6.46. The first-order chi connectivity index (χ1) is 7.19. The van der Waals surface area contributed by atoms with E-state index in [1.165, 1.54) is 12.8 Å². The van der Waals surface area contributed by atoms with E-state index in [4.69, 9.17) is 0 Å². The monoisotopic (exact) mass is 206 g/mol. The maximum Gasteiger partial charge on any atom is 0.322 e. The molecule has 1 saturated carbocycles. The van der Waals surface area contributed by atoms with E-state index in [2.05, 4.69) is 11.9 Å². The summed E-state index contributed by atoms with van der Waals surface area (Å²) in [5.74, 6) is 0. The van der Waals surface area contributed by atoms with E-state index in [-0.39, 0.29) is 11.6 Å². The largest absolute Gasteiger partial charge is 0.335 e. The number of nitrogens with one attached hydrogen (secondary N) is 1. The van der Waals surface area contributed by atoms with Crippen LogP contribution in [0, 0.1) is 0 Å². The first-order valence-electron chi connectivity index (χ1n) is 5.57. The van der Waals surface area contributed by atoms with Crippen molar-refractivity contribution < 1.29 is 4.79 Å². The van der Waals surface area contributed by atoms with Crippen molar-refractivity contribution in [1.82, 2.24) is 10.2 Å². The molecule has 2 amide bonds. The molecule has 2 rings (SSSR count). The molecular formula is C12H18N2O. The van der Waals surface area contributed by atoms with Crippen LogP contribution >= 0.6 is 0 Å². The summed E-state index contributed by atoms with van der Waals surface area (Å²) in [6, 6.07) is 0.0486. The molecule has 0 atom stereocenters. The lowest BCUT2D eigenvalue weighted by Gasteiger charge is -2.33. The highest BCUT2D eigenvalue weighted by molar-refractivity contribution is 5.80. The van der Waals surface area contributed by atoms with Gasteiger partial charge in [-0.1, -0.05) is 25.5 Å². The summed E-state index contributed by atoms with van der Waals surface area (Å²) < 4.78 is 0. The van der Waals surface area contributed by atoms with E-state index in [1.54, 1.807) is 6.08 Å². The van der Waals surface area contributed by atoms with Crippen molar-refractivity contribution in [1.29, 1.82) is 0 Å². The van der Waals surface area contributed by atoms with Crippen molar-refractivity contribution in [3.05, 3.63) is 24.4 Å². The minimum Gasteiger partial charge on any atom is -0.335 e. The molecule has 1 aliphatic carbocycles. The number of amides is 2. The molecule has 0 aromatic heterocycles. The first-order valence-corrected chi connectivity index (χ1v) is 5.57. The van der Waals surface area contributed by atoms with Crippen LogP contribution in [0.4, 0.5) is 4.79 Å². The van der Waals surface area contributed by atoms with E-state index in [0.717, 1.165) is 25.1 Å². The Hall–Kier alpha value is -1.25. The van der Waals surface area contributed by atoms with Gasteiger partial charge in [-0.25, -0.2) is 4.79 Å². The molecule has 1 saturated heterocycles. The quantitative estimate of drug-likeness (QED) is 0.691. The van der Waals surface area contributed by atoms with Crippen molar-refractivity contribution >= 4 is 6.03 Å². The lowest BCUT2D eigenvalue weighted by Crippen LogP contribution is -2.43. The van der Waals surface area contributed by atoms with Crippen LogP contribution in [0.3, 0.4) is 0 Å². The fourth-order valence-electron chi connectivity index (χ4n) is 2.83. The fourth-order valence-corrected chi connectivity index (χ4v) is 2.83. The summed E-state index contributed by atoms with van der Waals surface area (Å²) in [5.41, 5.74) is 1.06. The molecular weight excluding hydrogens is 188 g/mol. The minimum atomic E-state index is 0.0486. The van der Waals surface area contributed by atoms with Crippen LogP contribution in [-0.2, 0) is 0 Å². The summed E-state index contributed by atoms with van der Waals surface area (Å²) >= 11 is 0. The molecule has 15 heavy (non-hydrogen) atoms. The number of carbonyl (C=O) groups excluding carboxylic acids is 1. The van der Waals surface area contributed by atoms with Gasteiger partial charge in [0.05, 0.1) is 5.54 Å². The number of hydrogen-bond acceptors (Lipinski definition) is 1. The van der Waals surface area contributed by atoms with E-state index in [9.17, 15) is 4.79 Å². The van der Waals surface area contributed by atoms with Crippen molar-refractivity contribution in [2.75, 3.05) is 6.54 Å². The van der Waals surface area contributed by atoms with Crippen molar-refractivity contribution in [2.45, 2.75) is 38.1 Å². The third kappa shape index (κ3) is 1.56. The molecule has 82 valence electrons. The average molecular weight is 206 g/mol. The van der Waals surface area contributed by atoms with Gasteiger partial charge >= 0.3 is 6.03 Å². The van der Waals surface area contributed by atoms with Gasteiger partial charge in [-0.05, 0) is 25.8 Å². The van der Waals surface area contributed by atoms with Crippen molar-refractivity contribution in [3.63, 3.8) is 0 Å². The van der Waals surface area contributed by atoms with Crippen LogP contribution in [0.25, 0.3) is 0 Å². The van der Waals surface area contributed by atoms with Gasteiger partial charge in [-0.15, -0.1) is 0 Å². The zero-order valence-electron chi connectivity index (χ0n) is 9.25. The second-order valence-electron chi connectivity index (χ2n) is 4.47. The van der Waals surface area contributed by atoms with Gasteiger partial charge in [0.2, 0.25) is 0 Å². The molecule has 0 aromatic carbocycles. The molecule has 0 aromatic rings. The summed E-state index contributed by atoms with van der Waals surface area (Å²) in [7, 11) is 0. The van der Waals surface area contributed by atoms with Gasteiger partial charge in [0.25, 0.3) is 0 Å². The van der Waals surface area contributed by atoms with Gasteiger partial charge < -0.3 is 5.32 Å². The zero-order chi connectivity index (χ0) is 10.9. The molecule has 0 radical (unpaired) electrons. The summed E-state index contributed by atoms with van der Waals surface area (Å²) in [4.78, 5) is 13.7. The Morgan fingerprint density at radius 1 is 1.53 bits per heavy atom. The highest BCUT2D eigenvalue weighted by atomic mass is 16.2. The minimum absolute atomic E-state index is 0.0486. The Kier molecular flexibility index (Phi) is 2.55. The number of hydrogen-bond donors (Lipinski definition) is 1. The van der Waals surface area contributed by atoms with E-state index >= 15 is 0 Å². The molecule has 2 fully saturated rings. The number of urea groups is 1. The molecule has 0 unspecified atom stereocenters. The fraction of sp³-hybridized carbons (Fsp3) is 0.583. The van der Waals surface area contributed by atoms with Crippen LogP contribution in [0.1, 0.15) is 32.6 Å². The Morgan fingerprint density at radius 2 is 2.20 bits per heavy atom. The van der Waals surface area contributed by atoms with Crippen LogP contribution < -0.4 is 5.32 Å². The maximum atomic E-state index is 11.8. The Bertz CT molecular complexity index is 314. The Balaban J connectivity index is 2.29. The molecule has 1 aliphatic heterocycles. The third-order valence-corrected chi connectivity index (χ3v) is 3.49. The van der Waals surface area contributed by atoms with Crippen LogP contribution in [-0.4, -0.2) is 23.0 Å². The number of carbonyl (C=O) groups is 1. The first kappa shape index (κ1) is 10.3.